The third-order valence-electron chi connectivity index (χ3n) is 3.74. The summed E-state index contributed by atoms with van der Waals surface area (Å²) in [6.07, 6.45) is 0. The molecule has 26 heavy (non-hydrogen) atoms. The first kappa shape index (κ1) is 17.1. The zero-order chi connectivity index (χ0) is 17.9. The van der Waals surface area contributed by atoms with Crippen LogP contribution in [0.4, 0.5) is 0 Å². The Morgan fingerprint density at radius 2 is 1.62 bits per heavy atom. The topological polar surface area (TPSA) is 65.0 Å². The van der Waals surface area contributed by atoms with E-state index in [1.54, 1.807) is 0 Å². The van der Waals surface area contributed by atoms with Crippen molar-refractivity contribution in [1.29, 1.82) is 0 Å². The lowest BCUT2D eigenvalue weighted by Gasteiger charge is -1.95. The monoisotopic (exact) mass is 427 g/mol. The number of hydrogen-bond acceptors (Lipinski definition) is 6. The fourth-order valence-corrected chi connectivity index (χ4v) is 3.40. The summed E-state index contributed by atoms with van der Waals surface area (Å²) in [5.74, 6) is 2.52. The van der Waals surface area contributed by atoms with Crippen LogP contribution in [0, 0.1) is 6.92 Å². The summed E-state index contributed by atoms with van der Waals surface area (Å²) < 4.78 is 12.5. The Morgan fingerprint density at radius 3 is 2.38 bits per heavy atom. The molecule has 0 N–H and O–H groups in total. The molecule has 2 heterocycles. The lowest BCUT2D eigenvalue weighted by atomic mass is 10.2. The minimum atomic E-state index is 0.502. The number of hydrogen-bond donors (Lipinski definition) is 0. The van der Waals surface area contributed by atoms with E-state index in [2.05, 4.69) is 31.1 Å². The molecule has 4 aromatic rings. The van der Waals surface area contributed by atoms with Gasteiger partial charge in [-0.1, -0.05) is 45.9 Å². The first-order chi connectivity index (χ1) is 12.7. The highest BCUT2D eigenvalue weighted by Gasteiger charge is 2.14. The molecule has 0 aliphatic carbocycles. The number of aromatic nitrogens is 3. The molecule has 7 heteroatoms. The van der Waals surface area contributed by atoms with Gasteiger partial charge in [0, 0.05) is 21.4 Å². The van der Waals surface area contributed by atoms with Crippen molar-refractivity contribution in [2.24, 2.45) is 0 Å². The van der Waals surface area contributed by atoms with Crippen molar-refractivity contribution in [2.75, 3.05) is 0 Å². The van der Waals surface area contributed by atoms with Crippen LogP contribution in [-0.4, -0.2) is 15.2 Å². The molecular formula is C19H14BrN3O2S. The highest BCUT2D eigenvalue weighted by atomic mass is 79.9. The van der Waals surface area contributed by atoms with E-state index >= 15 is 0 Å². The average Bonchev–Trinajstić information content (AvgIpc) is 3.28. The van der Waals surface area contributed by atoms with Gasteiger partial charge in [0.15, 0.2) is 0 Å². The first-order valence-corrected chi connectivity index (χ1v) is 9.71. The second-order valence-corrected chi connectivity index (χ2v) is 7.40. The molecule has 4 rings (SSSR count). The van der Waals surface area contributed by atoms with Crippen LogP contribution in [0.5, 0.6) is 0 Å². The highest BCUT2D eigenvalue weighted by Crippen LogP contribution is 2.29. The fraction of sp³-hybridized carbons (Fsp3) is 0.105. The van der Waals surface area contributed by atoms with Gasteiger partial charge in [0.2, 0.25) is 11.8 Å². The molecule has 0 bridgehead atoms. The molecule has 0 fully saturated rings. The Hall–Kier alpha value is -2.38. The van der Waals surface area contributed by atoms with Crippen molar-refractivity contribution in [3.63, 3.8) is 0 Å². The van der Waals surface area contributed by atoms with E-state index < -0.39 is 0 Å². The number of nitrogens with zero attached hydrogens (tertiary/aromatic N) is 3. The van der Waals surface area contributed by atoms with Crippen LogP contribution in [0.2, 0.25) is 0 Å². The minimum absolute atomic E-state index is 0.502. The van der Waals surface area contributed by atoms with Gasteiger partial charge in [0.25, 0.3) is 5.22 Å². The zero-order valence-electron chi connectivity index (χ0n) is 13.8. The Morgan fingerprint density at radius 1 is 0.885 bits per heavy atom. The normalized spacial score (nSPS) is 11.0. The van der Waals surface area contributed by atoms with Crippen molar-refractivity contribution in [2.45, 2.75) is 17.9 Å². The molecule has 0 aliphatic heterocycles. The van der Waals surface area contributed by atoms with Crippen LogP contribution in [0.25, 0.3) is 22.9 Å². The summed E-state index contributed by atoms with van der Waals surface area (Å²) in [5, 5.41) is 8.71. The minimum Gasteiger partial charge on any atom is -0.441 e. The second kappa shape index (κ2) is 7.47. The molecule has 2 aromatic carbocycles. The van der Waals surface area contributed by atoms with Gasteiger partial charge in [0.1, 0.15) is 5.76 Å². The molecule has 0 amide bonds. The van der Waals surface area contributed by atoms with Gasteiger partial charge in [0.05, 0.1) is 5.69 Å². The maximum absolute atomic E-state index is 5.78. The Labute approximate surface area is 163 Å². The highest BCUT2D eigenvalue weighted by molar-refractivity contribution is 9.10. The second-order valence-electron chi connectivity index (χ2n) is 5.56. The smallest absolute Gasteiger partial charge is 0.277 e. The number of oxazole rings is 1. The third-order valence-corrected chi connectivity index (χ3v) is 5.10. The van der Waals surface area contributed by atoms with E-state index in [-0.39, 0.29) is 0 Å². The molecular weight excluding hydrogens is 414 g/mol. The van der Waals surface area contributed by atoms with E-state index in [1.807, 2.05) is 61.5 Å². The summed E-state index contributed by atoms with van der Waals surface area (Å²) >= 11 is 4.86. The van der Waals surface area contributed by atoms with Gasteiger partial charge in [-0.25, -0.2) is 4.98 Å². The molecule has 130 valence electrons. The summed E-state index contributed by atoms with van der Waals surface area (Å²) in [7, 11) is 0. The van der Waals surface area contributed by atoms with Gasteiger partial charge in [-0.3, -0.25) is 0 Å². The SMILES string of the molecule is Cc1oc(-c2ccccc2)nc1CSc1nnc(-c2ccc(Br)cc2)o1. The quantitative estimate of drug-likeness (QED) is 0.377. The lowest BCUT2D eigenvalue weighted by Crippen LogP contribution is -1.84. The van der Waals surface area contributed by atoms with E-state index in [1.165, 1.54) is 11.8 Å². The van der Waals surface area contributed by atoms with Crippen molar-refractivity contribution in [3.8, 4) is 22.9 Å². The summed E-state index contributed by atoms with van der Waals surface area (Å²) in [4.78, 5) is 4.59. The fourth-order valence-electron chi connectivity index (χ4n) is 2.37. The summed E-state index contributed by atoms with van der Waals surface area (Å²) in [6.45, 7) is 1.91. The van der Waals surface area contributed by atoms with Gasteiger partial charge in [-0.15, -0.1) is 10.2 Å². The summed E-state index contributed by atoms with van der Waals surface area (Å²) in [5.41, 5.74) is 2.72. The predicted octanol–water partition coefficient (Wildman–Crippen LogP) is 5.75. The number of rotatable bonds is 5. The molecule has 0 saturated heterocycles. The van der Waals surface area contributed by atoms with Gasteiger partial charge >= 0.3 is 0 Å². The maximum atomic E-state index is 5.78. The molecule has 0 unspecified atom stereocenters. The summed E-state index contributed by atoms with van der Waals surface area (Å²) in [6, 6.07) is 17.6. The predicted molar refractivity (Wildman–Crippen MR) is 104 cm³/mol. The largest absolute Gasteiger partial charge is 0.441 e. The number of benzene rings is 2. The standard InChI is InChI=1S/C19H14BrN3O2S/c1-12-16(21-17(24-12)13-5-3-2-4-6-13)11-26-19-23-22-18(25-19)14-7-9-15(20)10-8-14/h2-10H,11H2,1H3. The Balaban J connectivity index is 1.46. The van der Waals surface area contributed by atoms with E-state index in [0.29, 0.717) is 22.8 Å². The molecule has 5 nitrogen and oxygen atoms in total. The van der Waals surface area contributed by atoms with E-state index in [0.717, 1.165) is 27.1 Å². The lowest BCUT2D eigenvalue weighted by molar-refractivity contribution is 0.465. The molecule has 0 spiro atoms. The maximum Gasteiger partial charge on any atom is 0.277 e. The van der Waals surface area contributed by atoms with Crippen LogP contribution in [0.1, 0.15) is 11.5 Å². The van der Waals surface area contributed by atoms with Crippen molar-refractivity contribution in [3.05, 3.63) is 70.5 Å². The molecule has 0 radical (unpaired) electrons. The van der Waals surface area contributed by atoms with Gasteiger partial charge in [-0.2, -0.15) is 0 Å². The third kappa shape index (κ3) is 3.73. The van der Waals surface area contributed by atoms with Crippen molar-refractivity contribution < 1.29 is 8.83 Å². The number of thioether (sulfide) groups is 1. The number of aryl methyl sites for hydroxylation is 1. The number of halogens is 1. The van der Waals surface area contributed by atoms with Crippen molar-refractivity contribution in [1.82, 2.24) is 15.2 Å². The van der Waals surface area contributed by atoms with E-state index in [4.69, 9.17) is 8.83 Å². The van der Waals surface area contributed by atoms with E-state index in [9.17, 15) is 0 Å². The Bertz CT molecular complexity index is 1010. The van der Waals surface area contributed by atoms with Crippen molar-refractivity contribution >= 4 is 27.7 Å². The average molecular weight is 428 g/mol. The first-order valence-electron chi connectivity index (χ1n) is 7.93. The molecule has 0 saturated carbocycles. The van der Waals surface area contributed by atoms with Crippen LogP contribution >= 0.6 is 27.7 Å². The van der Waals surface area contributed by atoms with Crippen LogP contribution in [0.15, 0.2) is 73.1 Å². The Kier molecular flexibility index (Phi) is 4.90. The molecule has 2 aromatic heterocycles. The van der Waals surface area contributed by atoms with Crippen LogP contribution < -0.4 is 0 Å². The molecule has 0 aliphatic rings. The van der Waals surface area contributed by atoms with Gasteiger partial charge < -0.3 is 8.83 Å². The molecule has 0 atom stereocenters. The van der Waals surface area contributed by atoms with Gasteiger partial charge in [-0.05, 0) is 43.3 Å². The van der Waals surface area contributed by atoms with Crippen LogP contribution in [-0.2, 0) is 5.75 Å². The van der Waals surface area contributed by atoms with Crippen LogP contribution in [0.3, 0.4) is 0 Å². The zero-order valence-corrected chi connectivity index (χ0v) is 16.3.